The van der Waals surface area contributed by atoms with E-state index in [0.717, 1.165) is 5.56 Å². The molecule has 4 rings (SSSR count). The third-order valence-electron chi connectivity index (χ3n) is 5.12. The minimum atomic E-state index is -0.172. The van der Waals surface area contributed by atoms with Gasteiger partial charge in [0.1, 0.15) is 11.5 Å². The summed E-state index contributed by atoms with van der Waals surface area (Å²) in [6.07, 6.45) is 0.752. The van der Waals surface area contributed by atoms with Crippen LogP contribution in [0.4, 0.5) is 11.4 Å². The molecule has 6 nitrogen and oxygen atoms in total. The van der Waals surface area contributed by atoms with Crippen LogP contribution in [0.1, 0.15) is 18.4 Å². The maximum Gasteiger partial charge on any atom is 0.265 e. The van der Waals surface area contributed by atoms with Gasteiger partial charge in [-0.25, -0.2) is 0 Å². The monoisotopic (exact) mass is 518 g/mol. The molecule has 34 heavy (non-hydrogen) atoms. The molecular weight excluding hydrogens is 499 g/mol. The molecule has 0 bridgehead atoms. The quantitative estimate of drug-likeness (QED) is 0.351. The van der Waals surface area contributed by atoms with Crippen LogP contribution in [0.15, 0.2) is 60.7 Å². The van der Waals surface area contributed by atoms with E-state index in [9.17, 15) is 9.59 Å². The molecule has 0 radical (unpaired) electrons. The number of halogens is 3. The fraction of sp³-hybridized carbons (Fsp3) is 0.200. The maximum absolute atomic E-state index is 12.6. The van der Waals surface area contributed by atoms with E-state index in [1.54, 1.807) is 47.4 Å². The molecule has 0 fully saturated rings. The molecule has 0 spiro atoms. The van der Waals surface area contributed by atoms with E-state index in [0.29, 0.717) is 57.5 Å². The lowest BCUT2D eigenvalue weighted by molar-refractivity contribution is -0.121. The first-order valence-electron chi connectivity index (χ1n) is 10.6. The molecule has 1 heterocycles. The van der Waals surface area contributed by atoms with Gasteiger partial charge in [0, 0.05) is 22.2 Å². The first-order valence-corrected chi connectivity index (χ1v) is 11.7. The first kappa shape index (κ1) is 24.2. The Morgan fingerprint density at radius 2 is 1.85 bits per heavy atom. The fourth-order valence-corrected chi connectivity index (χ4v) is 4.18. The van der Waals surface area contributed by atoms with E-state index < -0.39 is 0 Å². The Bertz CT molecular complexity index is 1220. The van der Waals surface area contributed by atoms with Gasteiger partial charge < -0.3 is 19.7 Å². The predicted octanol–water partition coefficient (Wildman–Crippen LogP) is 6.37. The average Bonchev–Trinajstić information content (AvgIpc) is 2.80. The third kappa shape index (κ3) is 6.14. The number of nitrogens with zero attached hydrogens (tertiary/aromatic N) is 1. The lowest BCUT2D eigenvalue weighted by Gasteiger charge is -2.30. The van der Waals surface area contributed by atoms with Gasteiger partial charge in [0.2, 0.25) is 5.91 Å². The average molecular weight is 520 g/mol. The van der Waals surface area contributed by atoms with Crippen LogP contribution in [0.25, 0.3) is 0 Å². The Labute approximate surface area is 212 Å². The number of ether oxygens (including phenoxy) is 2. The van der Waals surface area contributed by atoms with Crippen molar-refractivity contribution < 1.29 is 19.1 Å². The number of rotatable bonds is 8. The first-order chi connectivity index (χ1) is 16.4. The minimum absolute atomic E-state index is 0.0447. The Kier molecular flexibility index (Phi) is 7.83. The van der Waals surface area contributed by atoms with Crippen molar-refractivity contribution in [3.05, 3.63) is 81.3 Å². The van der Waals surface area contributed by atoms with Crippen molar-refractivity contribution >= 4 is 58.0 Å². The van der Waals surface area contributed by atoms with E-state index in [-0.39, 0.29) is 24.8 Å². The Hall–Kier alpha value is -2.93. The summed E-state index contributed by atoms with van der Waals surface area (Å²) in [6, 6.07) is 17.5. The van der Waals surface area contributed by atoms with Crippen molar-refractivity contribution in [1.29, 1.82) is 0 Å². The SMILES string of the molecule is O=C(CCCOc1ccc(Cl)cc1Cl)Nc1ccc2c(c1)N(Cc1cccc(Cl)c1)C(=O)CO2. The number of hydrogen-bond acceptors (Lipinski definition) is 4. The summed E-state index contributed by atoms with van der Waals surface area (Å²) in [7, 11) is 0. The predicted molar refractivity (Wildman–Crippen MR) is 134 cm³/mol. The lowest BCUT2D eigenvalue weighted by Crippen LogP contribution is -2.38. The second-order valence-electron chi connectivity index (χ2n) is 7.66. The van der Waals surface area contributed by atoms with Gasteiger partial charge in [-0.3, -0.25) is 9.59 Å². The van der Waals surface area contributed by atoms with E-state index in [1.807, 2.05) is 18.2 Å². The highest BCUT2D eigenvalue weighted by Crippen LogP contribution is 2.36. The number of nitrogens with one attached hydrogen (secondary N) is 1. The van der Waals surface area contributed by atoms with Crippen LogP contribution < -0.4 is 19.7 Å². The molecule has 3 aromatic carbocycles. The second-order valence-corrected chi connectivity index (χ2v) is 8.94. The van der Waals surface area contributed by atoms with Crippen LogP contribution in [-0.2, 0) is 16.1 Å². The van der Waals surface area contributed by atoms with E-state index >= 15 is 0 Å². The molecule has 0 atom stereocenters. The molecule has 0 saturated carbocycles. The Balaban J connectivity index is 1.36. The highest BCUT2D eigenvalue weighted by atomic mass is 35.5. The smallest absolute Gasteiger partial charge is 0.265 e. The Morgan fingerprint density at radius 1 is 1.03 bits per heavy atom. The number of fused-ring (bicyclic) bond motifs is 1. The molecule has 0 unspecified atom stereocenters. The lowest BCUT2D eigenvalue weighted by atomic mass is 10.1. The van der Waals surface area contributed by atoms with Crippen LogP contribution in [0.3, 0.4) is 0 Å². The van der Waals surface area contributed by atoms with Crippen molar-refractivity contribution in [1.82, 2.24) is 0 Å². The molecule has 2 amide bonds. The van der Waals surface area contributed by atoms with Gasteiger partial charge in [-0.1, -0.05) is 46.9 Å². The summed E-state index contributed by atoms with van der Waals surface area (Å²) < 4.78 is 11.2. The summed E-state index contributed by atoms with van der Waals surface area (Å²) in [5.74, 6) is 0.752. The third-order valence-corrected chi connectivity index (χ3v) is 5.88. The van der Waals surface area contributed by atoms with Crippen molar-refractivity contribution in [2.45, 2.75) is 19.4 Å². The second kappa shape index (κ2) is 11.0. The molecule has 176 valence electrons. The van der Waals surface area contributed by atoms with Crippen molar-refractivity contribution in [2.75, 3.05) is 23.4 Å². The molecule has 0 aliphatic carbocycles. The van der Waals surface area contributed by atoms with E-state index in [2.05, 4.69) is 5.32 Å². The molecule has 1 N–H and O–H groups in total. The van der Waals surface area contributed by atoms with Crippen LogP contribution in [-0.4, -0.2) is 25.0 Å². The van der Waals surface area contributed by atoms with Crippen molar-refractivity contribution in [3.8, 4) is 11.5 Å². The zero-order valence-electron chi connectivity index (χ0n) is 18.0. The number of hydrogen-bond donors (Lipinski definition) is 1. The molecular formula is C25H21Cl3N2O4. The van der Waals surface area contributed by atoms with Crippen LogP contribution >= 0.6 is 34.8 Å². The molecule has 9 heteroatoms. The summed E-state index contributed by atoms with van der Waals surface area (Å²) in [4.78, 5) is 26.6. The zero-order valence-corrected chi connectivity index (χ0v) is 20.3. The summed E-state index contributed by atoms with van der Waals surface area (Å²) >= 11 is 18.0. The normalized spacial score (nSPS) is 12.7. The Morgan fingerprint density at radius 3 is 2.65 bits per heavy atom. The number of anilines is 2. The highest BCUT2D eigenvalue weighted by molar-refractivity contribution is 6.35. The molecule has 0 aromatic heterocycles. The fourth-order valence-electron chi connectivity index (χ4n) is 3.50. The summed E-state index contributed by atoms with van der Waals surface area (Å²) in [5, 5.41) is 4.41. The maximum atomic E-state index is 12.6. The van der Waals surface area contributed by atoms with Gasteiger partial charge in [0.25, 0.3) is 5.91 Å². The van der Waals surface area contributed by atoms with Gasteiger partial charge in [-0.15, -0.1) is 0 Å². The highest BCUT2D eigenvalue weighted by Gasteiger charge is 2.26. The van der Waals surface area contributed by atoms with Gasteiger partial charge in [-0.2, -0.15) is 0 Å². The van der Waals surface area contributed by atoms with Crippen molar-refractivity contribution in [3.63, 3.8) is 0 Å². The molecule has 1 aliphatic rings. The molecule has 1 aliphatic heterocycles. The summed E-state index contributed by atoms with van der Waals surface area (Å²) in [5.41, 5.74) is 2.05. The van der Waals surface area contributed by atoms with E-state index in [1.165, 1.54) is 0 Å². The molecule has 0 saturated heterocycles. The number of benzene rings is 3. The van der Waals surface area contributed by atoms with Crippen molar-refractivity contribution in [2.24, 2.45) is 0 Å². The summed E-state index contributed by atoms with van der Waals surface area (Å²) in [6.45, 7) is 0.628. The number of carbonyl (C=O) groups is 2. The van der Waals surface area contributed by atoms with Crippen LogP contribution in [0.5, 0.6) is 11.5 Å². The standard InChI is InChI=1S/C25H21Cl3N2O4/c26-17-4-1-3-16(11-17)14-30-21-13-19(7-9-23(21)34-15-25(30)32)29-24(31)5-2-10-33-22-8-6-18(27)12-20(22)28/h1,3-4,6-9,11-13H,2,5,10,14-15H2,(H,29,31). The largest absolute Gasteiger partial charge is 0.492 e. The van der Waals surface area contributed by atoms with Gasteiger partial charge in [0.15, 0.2) is 6.61 Å². The molecule has 3 aromatic rings. The minimum Gasteiger partial charge on any atom is -0.492 e. The topological polar surface area (TPSA) is 67.9 Å². The van der Waals surface area contributed by atoms with Crippen LogP contribution in [0.2, 0.25) is 15.1 Å². The van der Waals surface area contributed by atoms with Gasteiger partial charge in [0.05, 0.1) is 23.9 Å². The number of amides is 2. The van der Waals surface area contributed by atoms with Crippen LogP contribution in [0, 0.1) is 0 Å². The van der Waals surface area contributed by atoms with E-state index in [4.69, 9.17) is 44.3 Å². The van der Waals surface area contributed by atoms with Gasteiger partial charge >= 0.3 is 0 Å². The zero-order chi connectivity index (χ0) is 24.1. The number of carbonyl (C=O) groups excluding carboxylic acids is 2. The van der Waals surface area contributed by atoms with Gasteiger partial charge in [-0.05, 0) is 60.5 Å².